The van der Waals surface area contributed by atoms with Crippen LogP contribution in [0.3, 0.4) is 0 Å². The van der Waals surface area contributed by atoms with Crippen LogP contribution in [0.2, 0.25) is 0 Å². The molecule has 4 nitrogen and oxygen atoms in total. The third-order valence-corrected chi connectivity index (χ3v) is 3.40. The number of fused-ring (bicyclic) bond motifs is 1. The molecule has 0 saturated heterocycles. The van der Waals surface area contributed by atoms with Crippen molar-refractivity contribution in [2.45, 2.75) is 20.4 Å². The third kappa shape index (κ3) is 3.46. The van der Waals surface area contributed by atoms with Gasteiger partial charge in [-0.3, -0.25) is 4.90 Å². The number of para-hydroxylation sites is 1. The van der Waals surface area contributed by atoms with E-state index in [1.807, 2.05) is 18.2 Å². The van der Waals surface area contributed by atoms with Crippen LogP contribution in [0.25, 0.3) is 10.9 Å². The average molecular weight is 273 g/mol. The van der Waals surface area contributed by atoms with Crippen LogP contribution in [-0.4, -0.2) is 41.2 Å². The molecule has 0 fully saturated rings. The molecule has 0 radical (unpaired) electrons. The lowest BCUT2D eigenvalue weighted by Crippen LogP contribution is -2.26. The van der Waals surface area contributed by atoms with Gasteiger partial charge in [0.05, 0.1) is 12.1 Å². The fourth-order valence-electron chi connectivity index (χ4n) is 2.33. The van der Waals surface area contributed by atoms with E-state index in [2.05, 4.69) is 36.2 Å². The van der Waals surface area contributed by atoms with Crippen molar-refractivity contribution in [1.29, 1.82) is 0 Å². The van der Waals surface area contributed by atoms with Gasteiger partial charge in [-0.1, -0.05) is 25.1 Å². The van der Waals surface area contributed by atoms with E-state index in [1.54, 1.807) is 0 Å². The van der Waals surface area contributed by atoms with Gasteiger partial charge in [-0.05, 0) is 25.6 Å². The van der Waals surface area contributed by atoms with Gasteiger partial charge in [-0.2, -0.15) is 0 Å². The fourth-order valence-corrected chi connectivity index (χ4v) is 2.33. The monoisotopic (exact) mass is 273 g/mol. The second-order valence-corrected chi connectivity index (χ2v) is 4.81. The minimum atomic E-state index is 0.186. The zero-order valence-corrected chi connectivity index (χ0v) is 12.3. The first kappa shape index (κ1) is 14.8. The molecule has 108 valence electrons. The molecule has 0 spiro atoms. The molecule has 0 aliphatic carbocycles. The van der Waals surface area contributed by atoms with E-state index in [4.69, 9.17) is 10.1 Å². The van der Waals surface area contributed by atoms with Crippen LogP contribution >= 0.6 is 0 Å². The maximum atomic E-state index is 9.12. The first-order valence-electron chi connectivity index (χ1n) is 7.24. The molecule has 0 unspecified atom stereocenters. The summed E-state index contributed by atoms with van der Waals surface area (Å²) in [5.41, 5.74) is 2.19. The minimum absolute atomic E-state index is 0.186. The van der Waals surface area contributed by atoms with E-state index in [1.165, 1.54) is 5.56 Å². The van der Waals surface area contributed by atoms with Gasteiger partial charge in [0.25, 0.3) is 0 Å². The lowest BCUT2D eigenvalue weighted by Gasteiger charge is -2.21. The Hall–Kier alpha value is -1.65. The van der Waals surface area contributed by atoms with Gasteiger partial charge < -0.3 is 10.4 Å². The minimum Gasteiger partial charge on any atom is -0.395 e. The van der Waals surface area contributed by atoms with Crippen LogP contribution < -0.4 is 5.32 Å². The highest BCUT2D eigenvalue weighted by Crippen LogP contribution is 2.21. The van der Waals surface area contributed by atoms with Gasteiger partial charge in [-0.25, -0.2) is 4.98 Å². The van der Waals surface area contributed by atoms with Gasteiger partial charge in [0.15, 0.2) is 0 Å². The number of nitrogens with one attached hydrogen (secondary N) is 1. The molecule has 0 saturated carbocycles. The summed E-state index contributed by atoms with van der Waals surface area (Å²) in [5.74, 6) is 0.947. The number of benzene rings is 1. The molecule has 2 rings (SSSR count). The lowest BCUT2D eigenvalue weighted by molar-refractivity contribution is 0.197. The summed E-state index contributed by atoms with van der Waals surface area (Å²) < 4.78 is 0. The van der Waals surface area contributed by atoms with Crippen molar-refractivity contribution >= 4 is 16.7 Å². The zero-order valence-electron chi connectivity index (χ0n) is 12.3. The van der Waals surface area contributed by atoms with Crippen LogP contribution in [0.4, 0.5) is 5.82 Å². The van der Waals surface area contributed by atoms with Gasteiger partial charge in [0.2, 0.25) is 0 Å². The molecule has 0 bridgehead atoms. The van der Waals surface area contributed by atoms with E-state index in [9.17, 15) is 0 Å². The van der Waals surface area contributed by atoms with Crippen LogP contribution in [0.5, 0.6) is 0 Å². The number of pyridine rings is 1. The molecule has 1 heterocycles. The largest absolute Gasteiger partial charge is 0.395 e. The standard InChI is InChI=1S/C16H23N3O/c1-3-17-16-14(12-19(4-2)9-10-20)11-13-7-5-6-8-15(13)18-16/h5-8,11,20H,3-4,9-10,12H2,1-2H3,(H,17,18). The van der Waals surface area contributed by atoms with Crippen molar-refractivity contribution in [3.8, 4) is 0 Å². The number of rotatable bonds is 7. The lowest BCUT2D eigenvalue weighted by atomic mass is 10.1. The van der Waals surface area contributed by atoms with Gasteiger partial charge >= 0.3 is 0 Å². The van der Waals surface area contributed by atoms with Gasteiger partial charge in [0, 0.05) is 30.6 Å². The topological polar surface area (TPSA) is 48.4 Å². The van der Waals surface area contributed by atoms with Crippen molar-refractivity contribution in [3.63, 3.8) is 0 Å². The number of nitrogens with zero attached hydrogens (tertiary/aromatic N) is 2. The highest BCUT2D eigenvalue weighted by atomic mass is 16.3. The van der Waals surface area contributed by atoms with Crippen molar-refractivity contribution in [1.82, 2.24) is 9.88 Å². The number of aliphatic hydroxyl groups is 1. The zero-order chi connectivity index (χ0) is 14.4. The Balaban J connectivity index is 2.35. The molecule has 0 amide bonds. The third-order valence-electron chi connectivity index (χ3n) is 3.40. The molecule has 0 atom stereocenters. The quantitative estimate of drug-likeness (QED) is 0.813. The van der Waals surface area contributed by atoms with E-state index >= 15 is 0 Å². The number of aromatic nitrogens is 1. The molecule has 0 aliphatic rings. The number of likely N-dealkylation sites (N-methyl/N-ethyl adjacent to an activating group) is 1. The van der Waals surface area contributed by atoms with Crippen molar-refractivity contribution in [2.75, 3.05) is 31.6 Å². The number of hydrogen-bond donors (Lipinski definition) is 2. The number of anilines is 1. The van der Waals surface area contributed by atoms with Crippen molar-refractivity contribution in [3.05, 3.63) is 35.9 Å². The Kier molecular flexibility index (Phi) is 5.32. The van der Waals surface area contributed by atoms with Crippen LogP contribution in [0, 0.1) is 0 Å². The highest BCUT2D eigenvalue weighted by Gasteiger charge is 2.10. The molecule has 1 aromatic carbocycles. The first-order valence-corrected chi connectivity index (χ1v) is 7.24. The maximum Gasteiger partial charge on any atom is 0.131 e. The maximum absolute atomic E-state index is 9.12. The summed E-state index contributed by atoms with van der Waals surface area (Å²) in [6, 6.07) is 10.4. The predicted octanol–water partition coefficient (Wildman–Crippen LogP) is 2.48. The highest BCUT2D eigenvalue weighted by molar-refractivity contribution is 5.81. The smallest absolute Gasteiger partial charge is 0.131 e. The van der Waals surface area contributed by atoms with Crippen LogP contribution in [0.15, 0.2) is 30.3 Å². The number of hydrogen-bond acceptors (Lipinski definition) is 4. The molecule has 1 aromatic heterocycles. The summed E-state index contributed by atoms with van der Waals surface area (Å²) in [5, 5.41) is 13.6. The predicted molar refractivity (Wildman–Crippen MR) is 83.9 cm³/mol. The Labute approximate surface area is 120 Å². The normalized spacial score (nSPS) is 11.2. The summed E-state index contributed by atoms with van der Waals surface area (Å²) in [6.07, 6.45) is 0. The summed E-state index contributed by atoms with van der Waals surface area (Å²) in [6.45, 7) is 7.63. The summed E-state index contributed by atoms with van der Waals surface area (Å²) >= 11 is 0. The summed E-state index contributed by atoms with van der Waals surface area (Å²) in [7, 11) is 0. The van der Waals surface area contributed by atoms with Crippen LogP contribution in [0.1, 0.15) is 19.4 Å². The van der Waals surface area contributed by atoms with Gasteiger partial charge in [-0.15, -0.1) is 0 Å². The molecule has 2 aromatic rings. The van der Waals surface area contributed by atoms with E-state index in [0.29, 0.717) is 6.54 Å². The Morgan fingerprint density at radius 3 is 2.75 bits per heavy atom. The Morgan fingerprint density at radius 2 is 2.05 bits per heavy atom. The molecule has 4 heteroatoms. The van der Waals surface area contributed by atoms with Crippen LogP contribution in [-0.2, 0) is 6.54 Å². The van der Waals surface area contributed by atoms with Crippen molar-refractivity contribution < 1.29 is 5.11 Å². The molecule has 2 N–H and O–H groups in total. The van der Waals surface area contributed by atoms with E-state index in [0.717, 1.165) is 36.4 Å². The molecule has 20 heavy (non-hydrogen) atoms. The molecular formula is C16H23N3O. The molecule has 0 aliphatic heterocycles. The number of aliphatic hydroxyl groups excluding tert-OH is 1. The van der Waals surface area contributed by atoms with Crippen molar-refractivity contribution in [2.24, 2.45) is 0 Å². The second kappa shape index (κ2) is 7.22. The molecular weight excluding hydrogens is 250 g/mol. The average Bonchev–Trinajstić information content (AvgIpc) is 2.47. The SMILES string of the molecule is CCNc1nc2ccccc2cc1CN(CC)CCO. The van der Waals surface area contributed by atoms with E-state index in [-0.39, 0.29) is 6.61 Å². The first-order chi connectivity index (χ1) is 9.78. The Bertz CT molecular complexity index is 556. The fraction of sp³-hybridized carbons (Fsp3) is 0.438. The van der Waals surface area contributed by atoms with E-state index < -0.39 is 0 Å². The summed E-state index contributed by atoms with van der Waals surface area (Å²) in [4.78, 5) is 6.93. The second-order valence-electron chi connectivity index (χ2n) is 4.81. The van der Waals surface area contributed by atoms with Gasteiger partial charge in [0.1, 0.15) is 5.82 Å². The Morgan fingerprint density at radius 1 is 1.25 bits per heavy atom.